The highest BCUT2D eigenvalue weighted by molar-refractivity contribution is 7.20. The van der Waals surface area contributed by atoms with Crippen molar-refractivity contribution in [2.24, 2.45) is 11.8 Å². The lowest BCUT2D eigenvalue weighted by Crippen LogP contribution is -2.38. The van der Waals surface area contributed by atoms with Gasteiger partial charge in [0.05, 0.1) is 26.7 Å². The molecule has 2 aliphatic rings. The third kappa shape index (κ3) is 3.28. The zero-order chi connectivity index (χ0) is 18.3. The number of carbonyl (C=O) groups is 3. The number of thiazole rings is 1. The van der Waals surface area contributed by atoms with Crippen molar-refractivity contribution in [3.05, 3.63) is 21.8 Å². The lowest BCUT2D eigenvalue weighted by atomic mass is 9.81. The molecular formula is C17H16ClN3O3S2. The van der Waals surface area contributed by atoms with Crippen LogP contribution in [0.1, 0.15) is 25.7 Å². The van der Waals surface area contributed by atoms with E-state index in [4.69, 9.17) is 11.6 Å². The van der Waals surface area contributed by atoms with E-state index < -0.39 is 5.91 Å². The van der Waals surface area contributed by atoms with Gasteiger partial charge in [-0.1, -0.05) is 24.4 Å². The number of nitrogens with zero attached hydrogens (tertiary/aromatic N) is 2. The molecule has 26 heavy (non-hydrogen) atoms. The van der Waals surface area contributed by atoms with Crippen molar-refractivity contribution < 1.29 is 14.4 Å². The SMILES string of the molecule is O=C(CN1C(=O)C2CCCCC2C1=O)Nc1nc(-c2ccc(Cl)s2)cs1. The molecule has 1 saturated carbocycles. The Kier molecular flexibility index (Phi) is 4.81. The first kappa shape index (κ1) is 17.6. The number of aromatic nitrogens is 1. The molecule has 6 nitrogen and oxygen atoms in total. The van der Waals surface area contributed by atoms with Crippen LogP contribution in [0.15, 0.2) is 17.5 Å². The minimum absolute atomic E-state index is 0.206. The number of carbonyl (C=O) groups excluding carboxylic acids is 3. The number of hydrogen-bond donors (Lipinski definition) is 1. The minimum Gasteiger partial charge on any atom is -0.300 e. The fraction of sp³-hybridized carbons (Fsp3) is 0.412. The Morgan fingerprint density at radius 3 is 2.54 bits per heavy atom. The number of thiophene rings is 1. The van der Waals surface area contributed by atoms with E-state index in [1.165, 1.54) is 22.7 Å². The molecule has 0 aromatic carbocycles. The Hall–Kier alpha value is -1.77. The molecule has 9 heteroatoms. The van der Waals surface area contributed by atoms with Gasteiger partial charge in [-0.3, -0.25) is 19.3 Å². The maximum Gasteiger partial charge on any atom is 0.246 e. The van der Waals surface area contributed by atoms with Crippen molar-refractivity contribution in [3.63, 3.8) is 0 Å². The Morgan fingerprint density at radius 2 is 1.92 bits per heavy atom. The number of rotatable bonds is 4. The number of fused-ring (bicyclic) bond motifs is 1. The number of likely N-dealkylation sites (tertiary alicyclic amines) is 1. The normalized spacial score (nSPS) is 22.6. The Bertz CT molecular complexity index is 854. The standard InChI is InChI=1S/C17H16ClN3O3S2/c18-13-6-5-12(26-13)11-8-25-17(19-11)20-14(22)7-21-15(23)9-3-1-2-4-10(9)16(21)24/h5-6,8-10H,1-4,7H2,(H,19,20,22). The number of imide groups is 1. The molecule has 3 heterocycles. The second kappa shape index (κ2) is 7.09. The summed E-state index contributed by atoms with van der Waals surface area (Å²) in [4.78, 5) is 43.6. The summed E-state index contributed by atoms with van der Waals surface area (Å²) in [5.74, 6) is -1.29. The second-order valence-electron chi connectivity index (χ2n) is 6.45. The van der Waals surface area contributed by atoms with Crippen LogP contribution in [0.4, 0.5) is 5.13 Å². The summed E-state index contributed by atoms with van der Waals surface area (Å²) in [5, 5.41) is 4.95. The molecule has 1 N–H and O–H groups in total. The van der Waals surface area contributed by atoms with Gasteiger partial charge in [0.15, 0.2) is 5.13 Å². The van der Waals surface area contributed by atoms with Gasteiger partial charge in [0, 0.05) is 5.38 Å². The Labute approximate surface area is 163 Å². The summed E-state index contributed by atoms with van der Waals surface area (Å²) >= 11 is 8.63. The smallest absolute Gasteiger partial charge is 0.246 e. The number of amides is 3. The predicted octanol–water partition coefficient (Wildman–Crippen LogP) is 3.64. The summed E-state index contributed by atoms with van der Waals surface area (Å²) in [5.41, 5.74) is 0.738. The average Bonchev–Trinajstić information content (AvgIpc) is 3.32. The van der Waals surface area contributed by atoms with E-state index in [2.05, 4.69) is 10.3 Å². The molecule has 2 atom stereocenters. The van der Waals surface area contributed by atoms with Crippen molar-refractivity contribution >= 4 is 57.1 Å². The second-order valence-corrected chi connectivity index (χ2v) is 9.02. The van der Waals surface area contributed by atoms with Gasteiger partial charge in [0.1, 0.15) is 6.54 Å². The zero-order valence-electron chi connectivity index (χ0n) is 13.7. The van der Waals surface area contributed by atoms with E-state index in [1.54, 1.807) is 6.07 Å². The van der Waals surface area contributed by atoms with Crippen LogP contribution in [0.3, 0.4) is 0 Å². The summed E-state index contributed by atoms with van der Waals surface area (Å²) in [6.07, 6.45) is 3.42. The highest BCUT2D eigenvalue weighted by atomic mass is 35.5. The molecule has 0 bridgehead atoms. The topological polar surface area (TPSA) is 79.4 Å². The van der Waals surface area contributed by atoms with Crippen LogP contribution in [0, 0.1) is 11.8 Å². The van der Waals surface area contributed by atoms with E-state index in [0.29, 0.717) is 9.47 Å². The van der Waals surface area contributed by atoms with Gasteiger partial charge in [-0.2, -0.15) is 0 Å². The van der Waals surface area contributed by atoms with E-state index in [1.807, 2.05) is 11.4 Å². The molecule has 1 aliphatic carbocycles. The highest BCUT2D eigenvalue weighted by Gasteiger charge is 2.48. The summed E-state index contributed by atoms with van der Waals surface area (Å²) < 4.78 is 0.672. The molecule has 136 valence electrons. The number of nitrogens with one attached hydrogen (secondary N) is 1. The Morgan fingerprint density at radius 1 is 1.23 bits per heavy atom. The van der Waals surface area contributed by atoms with Crippen molar-refractivity contribution in [2.75, 3.05) is 11.9 Å². The molecule has 0 spiro atoms. The summed E-state index contributed by atoms with van der Waals surface area (Å²) in [7, 11) is 0. The van der Waals surface area contributed by atoms with Gasteiger partial charge in [-0.25, -0.2) is 4.98 Å². The van der Waals surface area contributed by atoms with Crippen molar-refractivity contribution in [3.8, 4) is 10.6 Å². The van der Waals surface area contributed by atoms with E-state index >= 15 is 0 Å². The van der Waals surface area contributed by atoms with Gasteiger partial charge in [-0.05, 0) is 25.0 Å². The fourth-order valence-electron chi connectivity index (χ4n) is 3.59. The maximum atomic E-state index is 12.4. The van der Waals surface area contributed by atoms with Gasteiger partial charge < -0.3 is 5.32 Å². The predicted molar refractivity (Wildman–Crippen MR) is 101 cm³/mol. The molecule has 2 aromatic rings. The third-order valence-electron chi connectivity index (χ3n) is 4.81. The maximum absolute atomic E-state index is 12.4. The largest absolute Gasteiger partial charge is 0.300 e. The van der Waals surface area contributed by atoms with Gasteiger partial charge in [-0.15, -0.1) is 22.7 Å². The molecule has 0 radical (unpaired) electrons. The summed E-state index contributed by atoms with van der Waals surface area (Å²) in [6, 6.07) is 3.67. The zero-order valence-corrected chi connectivity index (χ0v) is 16.1. The molecular weight excluding hydrogens is 394 g/mol. The van der Waals surface area contributed by atoms with Crippen LogP contribution in [0.2, 0.25) is 4.34 Å². The first-order chi connectivity index (χ1) is 12.5. The average molecular weight is 410 g/mol. The van der Waals surface area contributed by atoms with Crippen LogP contribution < -0.4 is 5.32 Å². The summed E-state index contributed by atoms with van der Waals surface area (Å²) in [6.45, 7) is -0.246. The van der Waals surface area contributed by atoms with Crippen LogP contribution in [-0.2, 0) is 14.4 Å². The number of hydrogen-bond acceptors (Lipinski definition) is 6. The first-order valence-corrected chi connectivity index (χ1v) is 10.5. The van der Waals surface area contributed by atoms with Gasteiger partial charge in [0.2, 0.25) is 17.7 Å². The fourth-order valence-corrected chi connectivity index (χ4v) is 5.39. The van der Waals surface area contributed by atoms with E-state index in [-0.39, 0.29) is 30.2 Å². The third-order valence-corrected chi connectivity index (χ3v) is 6.82. The van der Waals surface area contributed by atoms with Crippen molar-refractivity contribution in [1.82, 2.24) is 9.88 Å². The molecule has 1 aliphatic heterocycles. The molecule has 4 rings (SSSR count). The van der Waals surface area contributed by atoms with E-state index in [0.717, 1.165) is 41.2 Å². The van der Waals surface area contributed by atoms with Gasteiger partial charge >= 0.3 is 0 Å². The van der Waals surface area contributed by atoms with Crippen LogP contribution in [-0.4, -0.2) is 34.2 Å². The van der Waals surface area contributed by atoms with E-state index in [9.17, 15) is 14.4 Å². The molecule has 2 unspecified atom stereocenters. The Balaban J connectivity index is 1.40. The lowest BCUT2D eigenvalue weighted by molar-refractivity contribution is -0.142. The number of anilines is 1. The highest BCUT2D eigenvalue weighted by Crippen LogP contribution is 2.38. The quantitative estimate of drug-likeness (QED) is 0.782. The number of halogens is 1. The minimum atomic E-state index is -0.407. The first-order valence-electron chi connectivity index (χ1n) is 8.39. The molecule has 1 saturated heterocycles. The van der Waals surface area contributed by atoms with Gasteiger partial charge in [0.25, 0.3) is 0 Å². The van der Waals surface area contributed by atoms with Crippen LogP contribution in [0.25, 0.3) is 10.6 Å². The lowest BCUT2D eigenvalue weighted by Gasteiger charge is -2.19. The molecule has 2 fully saturated rings. The molecule has 2 aromatic heterocycles. The molecule has 3 amide bonds. The monoisotopic (exact) mass is 409 g/mol. The van der Waals surface area contributed by atoms with Crippen molar-refractivity contribution in [1.29, 1.82) is 0 Å². The van der Waals surface area contributed by atoms with Crippen molar-refractivity contribution in [2.45, 2.75) is 25.7 Å². The van der Waals surface area contributed by atoms with Crippen LogP contribution in [0.5, 0.6) is 0 Å². The van der Waals surface area contributed by atoms with Crippen LogP contribution >= 0.6 is 34.3 Å².